The fourth-order valence-electron chi connectivity index (χ4n) is 3.09. The Balaban J connectivity index is 1.54. The van der Waals surface area contributed by atoms with Crippen molar-refractivity contribution in [2.75, 3.05) is 24.7 Å². The Labute approximate surface area is 149 Å². The molecule has 26 heavy (non-hydrogen) atoms. The molecule has 0 radical (unpaired) electrons. The molecule has 1 aliphatic heterocycles. The van der Waals surface area contributed by atoms with Crippen LogP contribution in [-0.2, 0) is 16.0 Å². The van der Waals surface area contributed by atoms with E-state index >= 15 is 0 Å². The van der Waals surface area contributed by atoms with Gasteiger partial charge in [0.1, 0.15) is 18.6 Å². The molecule has 4 rings (SSSR count). The van der Waals surface area contributed by atoms with Crippen LogP contribution in [0.2, 0.25) is 0 Å². The van der Waals surface area contributed by atoms with Gasteiger partial charge in [-0.1, -0.05) is 12.1 Å². The van der Waals surface area contributed by atoms with Gasteiger partial charge in [0.05, 0.1) is 12.2 Å². The van der Waals surface area contributed by atoms with Gasteiger partial charge in [-0.15, -0.1) is 0 Å². The third kappa shape index (κ3) is 2.93. The maximum absolute atomic E-state index is 12.6. The number of aromatic nitrogens is 2. The second kappa shape index (κ2) is 6.61. The largest absolute Gasteiger partial charge is 0.370 e. The SMILES string of the molecule is O=C1C(Cc2ccc(N3CCOCC3=O)cc2)=CC(=O)c2ncncc21. The van der Waals surface area contributed by atoms with Crippen molar-refractivity contribution in [2.45, 2.75) is 6.42 Å². The highest BCUT2D eigenvalue weighted by molar-refractivity contribution is 6.23. The number of hydrogen-bond donors (Lipinski definition) is 0. The van der Waals surface area contributed by atoms with Crippen molar-refractivity contribution in [1.29, 1.82) is 0 Å². The highest BCUT2D eigenvalue weighted by Crippen LogP contribution is 2.23. The summed E-state index contributed by atoms with van der Waals surface area (Å²) < 4.78 is 5.13. The highest BCUT2D eigenvalue weighted by Gasteiger charge is 2.27. The molecule has 7 nitrogen and oxygen atoms in total. The first-order chi connectivity index (χ1) is 12.6. The first-order valence-electron chi connectivity index (χ1n) is 8.20. The summed E-state index contributed by atoms with van der Waals surface area (Å²) in [6.07, 6.45) is 4.31. The van der Waals surface area contributed by atoms with Gasteiger partial charge in [-0.25, -0.2) is 9.97 Å². The van der Waals surface area contributed by atoms with E-state index in [0.29, 0.717) is 25.1 Å². The predicted octanol–water partition coefficient (Wildman–Crippen LogP) is 1.39. The molecule has 0 spiro atoms. The van der Waals surface area contributed by atoms with Crippen molar-refractivity contribution in [2.24, 2.45) is 0 Å². The summed E-state index contributed by atoms with van der Waals surface area (Å²) in [7, 11) is 0. The average molecular weight is 349 g/mol. The Morgan fingerprint density at radius 3 is 2.69 bits per heavy atom. The van der Waals surface area contributed by atoms with Crippen LogP contribution in [0.4, 0.5) is 5.69 Å². The van der Waals surface area contributed by atoms with Gasteiger partial charge in [0, 0.05) is 30.4 Å². The molecule has 2 aromatic rings. The minimum Gasteiger partial charge on any atom is -0.370 e. The molecule has 130 valence electrons. The van der Waals surface area contributed by atoms with Crippen molar-refractivity contribution >= 4 is 23.2 Å². The zero-order valence-electron chi connectivity index (χ0n) is 13.8. The van der Waals surface area contributed by atoms with Crippen LogP contribution in [-0.4, -0.2) is 47.2 Å². The molecule has 2 heterocycles. The van der Waals surface area contributed by atoms with Crippen LogP contribution in [0.5, 0.6) is 0 Å². The van der Waals surface area contributed by atoms with Gasteiger partial charge < -0.3 is 9.64 Å². The Kier molecular flexibility index (Phi) is 4.14. The quantitative estimate of drug-likeness (QED) is 0.832. The van der Waals surface area contributed by atoms with Gasteiger partial charge in [0.15, 0.2) is 5.78 Å². The summed E-state index contributed by atoms with van der Waals surface area (Å²) in [5.41, 5.74) is 2.47. The third-order valence-electron chi connectivity index (χ3n) is 4.42. The highest BCUT2D eigenvalue weighted by atomic mass is 16.5. The number of anilines is 1. The minimum atomic E-state index is -0.285. The zero-order valence-corrected chi connectivity index (χ0v) is 13.8. The van der Waals surface area contributed by atoms with E-state index in [-0.39, 0.29) is 35.3 Å². The summed E-state index contributed by atoms with van der Waals surface area (Å²) in [6.45, 7) is 1.12. The van der Waals surface area contributed by atoms with Crippen molar-refractivity contribution in [3.05, 3.63) is 65.3 Å². The number of fused-ring (bicyclic) bond motifs is 1. The molecule has 1 aliphatic carbocycles. The van der Waals surface area contributed by atoms with Gasteiger partial charge in [-0.2, -0.15) is 0 Å². The summed E-state index contributed by atoms with van der Waals surface area (Å²) in [5.74, 6) is -0.587. The Hall–Kier alpha value is -3.19. The lowest BCUT2D eigenvalue weighted by Gasteiger charge is -2.27. The van der Waals surface area contributed by atoms with Gasteiger partial charge in [-0.05, 0) is 23.8 Å². The monoisotopic (exact) mass is 349 g/mol. The number of carbonyl (C=O) groups excluding carboxylic acids is 3. The third-order valence-corrected chi connectivity index (χ3v) is 4.42. The van der Waals surface area contributed by atoms with Crippen LogP contribution in [0, 0.1) is 0 Å². The molecule has 1 fully saturated rings. The van der Waals surface area contributed by atoms with E-state index in [0.717, 1.165) is 11.3 Å². The molecule has 1 aromatic heterocycles. The molecule has 1 aromatic carbocycles. The summed E-state index contributed by atoms with van der Waals surface area (Å²) in [4.78, 5) is 46.0. The molecule has 0 atom stereocenters. The number of morpholine rings is 1. The standard InChI is InChI=1S/C19H15N3O4/c23-16-8-13(19(25)15-9-20-11-21-18(15)16)7-12-1-3-14(4-2-12)22-5-6-26-10-17(22)24/h1-4,8-9,11H,5-7,10H2. The van der Waals surface area contributed by atoms with Crippen LogP contribution in [0.15, 0.2) is 48.4 Å². The van der Waals surface area contributed by atoms with Crippen molar-refractivity contribution in [3.8, 4) is 0 Å². The molecule has 2 aliphatic rings. The summed E-state index contributed by atoms with van der Waals surface area (Å²) in [5, 5.41) is 0. The lowest BCUT2D eigenvalue weighted by molar-refractivity contribution is -0.125. The summed E-state index contributed by atoms with van der Waals surface area (Å²) >= 11 is 0. The van der Waals surface area contributed by atoms with E-state index < -0.39 is 0 Å². The Morgan fingerprint density at radius 1 is 1.12 bits per heavy atom. The predicted molar refractivity (Wildman–Crippen MR) is 92.1 cm³/mol. The fraction of sp³-hybridized carbons (Fsp3) is 0.211. The van der Waals surface area contributed by atoms with Crippen LogP contribution >= 0.6 is 0 Å². The number of hydrogen-bond acceptors (Lipinski definition) is 6. The second-order valence-electron chi connectivity index (χ2n) is 6.09. The maximum atomic E-state index is 12.6. The molecule has 0 bridgehead atoms. The molecule has 0 N–H and O–H groups in total. The van der Waals surface area contributed by atoms with Gasteiger partial charge in [0.25, 0.3) is 5.91 Å². The van der Waals surface area contributed by atoms with Crippen molar-refractivity contribution in [3.63, 3.8) is 0 Å². The van der Waals surface area contributed by atoms with Gasteiger partial charge in [-0.3, -0.25) is 14.4 Å². The number of carbonyl (C=O) groups is 3. The van der Waals surface area contributed by atoms with Gasteiger partial charge in [0.2, 0.25) is 5.78 Å². The number of Topliss-reactive ketones (excluding diaryl/α,β-unsaturated/α-hetero) is 1. The topological polar surface area (TPSA) is 89.5 Å². The number of allylic oxidation sites excluding steroid dienone is 2. The number of ketones is 2. The average Bonchev–Trinajstić information content (AvgIpc) is 2.67. The van der Waals surface area contributed by atoms with E-state index in [1.54, 1.807) is 4.90 Å². The number of nitrogens with zero attached hydrogens (tertiary/aromatic N) is 3. The Morgan fingerprint density at radius 2 is 1.92 bits per heavy atom. The van der Waals surface area contributed by atoms with Gasteiger partial charge >= 0.3 is 0 Å². The fourth-order valence-corrected chi connectivity index (χ4v) is 3.09. The molecular formula is C19H15N3O4. The molecular weight excluding hydrogens is 334 g/mol. The zero-order chi connectivity index (χ0) is 18.1. The molecule has 1 saturated heterocycles. The number of benzene rings is 1. The summed E-state index contributed by atoms with van der Waals surface area (Å²) in [6, 6.07) is 7.39. The first kappa shape index (κ1) is 16.3. The normalized spacial score (nSPS) is 17.2. The van der Waals surface area contributed by atoms with Crippen LogP contribution in [0.25, 0.3) is 0 Å². The van der Waals surface area contributed by atoms with E-state index in [4.69, 9.17) is 4.74 Å². The second-order valence-corrected chi connectivity index (χ2v) is 6.09. The van der Waals surface area contributed by atoms with E-state index in [1.165, 1.54) is 18.6 Å². The minimum absolute atomic E-state index is 0.0728. The lowest BCUT2D eigenvalue weighted by Crippen LogP contribution is -2.41. The van der Waals surface area contributed by atoms with Crippen LogP contribution < -0.4 is 4.90 Å². The molecule has 0 unspecified atom stereocenters. The molecule has 7 heteroatoms. The van der Waals surface area contributed by atoms with Crippen molar-refractivity contribution < 1.29 is 19.1 Å². The van der Waals surface area contributed by atoms with E-state index in [1.807, 2.05) is 24.3 Å². The number of amides is 1. The maximum Gasteiger partial charge on any atom is 0.253 e. The van der Waals surface area contributed by atoms with E-state index in [9.17, 15) is 14.4 Å². The van der Waals surface area contributed by atoms with Crippen LogP contribution in [0.3, 0.4) is 0 Å². The van der Waals surface area contributed by atoms with Crippen molar-refractivity contribution in [1.82, 2.24) is 9.97 Å². The lowest BCUT2D eigenvalue weighted by atomic mass is 9.90. The molecule has 1 amide bonds. The van der Waals surface area contributed by atoms with E-state index in [2.05, 4.69) is 9.97 Å². The Bertz CT molecular complexity index is 934. The number of rotatable bonds is 3. The first-order valence-corrected chi connectivity index (χ1v) is 8.20. The number of ether oxygens (including phenoxy) is 1. The van der Waals surface area contributed by atoms with Crippen LogP contribution in [0.1, 0.15) is 26.4 Å². The smallest absolute Gasteiger partial charge is 0.253 e. The molecule has 0 saturated carbocycles.